The zero-order chi connectivity index (χ0) is 5.86. The first-order valence-electron chi connectivity index (χ1n) is 1.86. The number of hydrogen-bond acceptors (Lipinski definition) is 3. The molecule has 0 saturated carbocycles. The molecule has 0 aliphatic carbocycles. The van der Waals surface area contributed by atoms with Gasteiger partial charge in [0.25, 0.3) is 0 Å². The maximum atomic E-state index is 9.83. The Morgan fingerprint density at radius 2 is 2.14 bits per heavy atom. The molecule has 7 heavy (non-hydrogen) atoms. The van der Waals surface area contributed by atoms with Crippen molar-refractivity contribution < 1.29 is 9.46 Å². The highest BCUT2D eigenvalue weighted by molar-refractivity contribution is 7.38. The Labute approximate surface area is 42.4 Å². The zero-order valence-corrected chi connectivity index (χ0v) is 4.79. The quantitative estimate of drug-likeness (QED) is 0.315. The van der Waals surface area contributed by atoms with Gasteiger partial charge in [-0.2, -0.15) is 0 Å². The molecule has 0 saturated heterocycles. The summed E-state index contributed by atoms with van der Waals surface area (Å²) in [5.41, 5.74) is 9.87. The molecule has 5 N–H and O–H groups in total. The van der Waals surface area contributed by atoms with E-state index in [1.807, 2.05) is 0 Å². The molecule has 0 aliphatic heterocycles. The van der Waals surface area contributed by atoms with Crippen LogP contribution in [-0.4, -0.2) is 17.2 Å². The topological polar surface area (TPSA) is 89.3 Å². The van der Waals surface area contributed by atoms with Gasteiger partial charge in [0, 0.05) is 0 Å². The zero-order valence-electron chi connectivity index (χ0n) is 3.79. The SMILES string of the molecule is NC(N)C[PH](=O)O. The van der Waals surface area contributed by atoms with E-state index in [0.717, 1.165) is 0 Å². The van der Waals surface area contributed by atoms with Crippen LogP contribution in [0.4, 0.5) is 0 Å². The summed E-state index contributed by atoms with van der Waals surface area (Å²) in [5.74, 6) is 0. The van der Waals surface area contributed by atoms with Crippen molar-refractivity contribution in [1.82, 2.24) is 0 Å². The molecule has 0 heterocycles. The fourth-order valence-electron chi connectivity index (χ4n) is 0.202. The van der Waals surface area contributed by atoms with Crippen LogP contribution in [0.15, 0.2) is 0 Å². The van der Waals surface area contributed by atoms with Crippen LogP contribution in [0.5, 0.6) is 0 Å². The molecule has 0 aliphatic rings. The van der Waals surface area contributed by atoms with E-state index in [2.05, 4.69) is 0 Å². The molecule has 0 rings (SSSR count). The van der Waals surface area contributed by atoms with E-state index < -0.39 is 14.2 Å². The Morgan fingerprint density at radius 3 is 2.14 bits per heavy atom. The third-order valence-electron chi connectivity index (χ3n) is 0.410. The van der Waals surface area contributed by atoms with Crippen LogP contribution >= 0.6 is 8.03 Å². The number of hydrogen-bond donors (Lipinski definition) is 3. The average molecular weight is 124 g/mol. The fraction of sp³-hybridized carbons (Fsp3) is 1.00. The van der Waals surface area contributed by atoms with Crippen LogP contribution in [0.2, 0.25) is 0 Å². The van der Waals surface area contributed by atoms with E-state index >= 15 is 0 Å². The molecular formula is C2H9N2O2P. The van der Waals surface area contributed by atoms with Crippen molar-refractivity contribution in [1.29, 1.82) is 0 Å². The van der Waals surface area contributed by atoms with Crippen LogP contribution in [0, 0.1) is 0 Å². The summed E-state index contributed by atoms with van der Waals surface area (Å²) in [5, 5.41) is 0. The molecular weight excluding hydrogens is 115 g/mol. The third kappa shape index (κ3) is 6.11. The van der Waals surface area contributed by atoms with Crippen molar-refractivity contribution in [2.45, 2.75) is 6.17 Å². The first-order chi connectivity index (χ1) is 3.13. The minimum absolute atomic E-state index is 0.0185. The van der Waals surface area contributed by atoms with Gasteiger partial charge in [-0.15, -0.1) is 0 Å². The van der Waals surface area contributed by atoms with Gasteiger partial charge in [-0.25, -0.2) is 0 Å². The molecule has 4 nitrogen and oxygen atoms in total. The van der Waals surface area contributed by atoms with Gasteiger partial charge in [-0.05, 0) is 0 Å². The van der Waals surface area contributed by atoms with Gasteiger partial charge < -0.3 is 16.4 Å². The molecule has 0 aromatic heterocycles. The highest BCUT2D eigenvalue weighted by Crippen LogP contribution is 2.10. The Balaban J connectivity index is 3.13. The number of nitrogens with two attached hydrogens (primary N) is 2. The molecule has 0 radical (unpaired) electrons. The predicted octanol–water partition coefficient (Wildman–Crippen LogP) is -1.30. The highest BCUT2D eigenvalue weighted by Gasteiger charge is 1.95. The lowest BCUT2D eigenvalue weighted by atomic mass is 10.7. The molecule has 0 fully saturated rings. The summed E-state index contributed by atoms with van der Waals surface area (Å²) in [6.07, 6.45) is -0.624. The highest BCUT2D eigenvalue weighted by atomic mass is 31.1. The van der Waals surface area contributed by atoms with Crippen molar-refractivity contribution in [2.75, 3.05) is 6.16 Å². The summed E-state index contributed by atoms with van der Waals surface area (Å²) in [6.45, 7) is 0. The smallest absolute Gasteiger partial charge is 0.191 e. The Kier molecular flexibility index (Phi) is 3.21. The Hall–Kier alpha value is 0.110. The lowest BCUT2D eigenvalue weighted by Gasteiger charge is -1.97. The maximum Gasteiger partial charge on any atom is 0.191 e. The molecule has 0 aromatic rings. The largest absolute Gasteiger partial charge is 0.346 e. The Bertz CT molecular complexity index is 74.1. The summed E-state index contributed by atoms with van der Waals surface area (Å²) < 4.78 is 9.83. The van der Waals surface area contributed by atoms with Crippen LogP contribution in [-0.2, 0) is 4.57 Å². The summed E-state index contributed by atoms with van der Waals surface area (Å²) in [6, 6.07) is 0. The standard InChI is InChI=1S/C2H9N2O2P/c3-2(4)1-7(5)6/h2,7H,1,3-4H2,(H,5,6). The van der Waals surface area contributed by atoms with Crippen molar-refractivity contribution in [3.05, 3.63) is 0 Å². The van der Waals surface area contributed by atoms with Crippen LogP contribution in [0.25, 0.3) is 0 Å². The lowest BCUT2D eigenvalue weighted by molar-refractivity contribution is 0.498. The van der Waals surface area contributed by atoms with E-state index in [4.69, 9.17) is 16.4 Å². The van der Waals surface area contributed by atoms with E-state index in [1.165, 1.54) is 0 Å². The molecule has 1 atom stereocenters. The second kappa shape index (κ2) is 3.16. The summed E-state index contributed by atoms with van der Waals surface area (Å²) in [4.78, 5) is 8.11. The van der Waals surface area contributed by atoms with Gasteiger partial charge in [-0.3, -0.25) is 4.57 Å². The molecule has 0 aromatic carbocycles. The van der Waals surface area contributed by atoms with Crippen molar-refractivity contribution in [2.24, 2.45) is 11.5 Å². The fourth-order valence-corrected chi connectivity index (χ4v) is 0.605. The van der Waals surface area contributed by atoms with Gasteiger partial charge in [-0.1, -0.05) is 0 Å². The predicted molar refractivity (Wildman–Crippen MR) is 28.3 cm³/mol. The summed E-state index contributed by atoms with van der Waals surface area (Å²) >= 11 is 0. The summed E-state index contributed by atoms with van der Waals surface area (Å²) in [7, 11) is -2.43. The lowest BCUT2D eigenvalue weighted by Crippen LogP contribution is -2.32. The van der Waals surface area contributed by atoms with E-state index in [9.17, 15) is 4.57 Å². The molecule has 5 heteroatoms. The van der Waals surface area contributed by atoms with E-state index in [0.29, 0.717) is 0 Å². The van der Waals surface area contributed by atoms with Gasteiger partial charge in [0.2, 0.25) is 0 Å². The van der Waals surface area contributed by atoms with Gasteiger partial charge in [0.1, 0.15) is 0 Å². The van der Waals surface area contributed by atoms with E-state index in [-0.39, 0.29) is 6.16 Å². The first-order valence-corrected chi connectivity index (χ1v) is 3.42. The molecule has 0 amide bonds. The first kappa shape index (κ1) is 7.11. The van der Waals surface area contributed by atoms with Gasteiger partial charge >= 0.3 is 0 Å². The average Bonchev–Trinajstić information content (AvgIpc) is 1.27. The van der Waals surface area contributed by atoms with Crippen molar-refractivity contribution >= 4 is 8.03 Å². The Morgan fingerprint density at radius 1 is 1.71 bits per heavy atom. The van der Waals surface area contributed by atoms with Crippen molar-refractivity contribution in [3.8, 4) is 0 Å². The van der Waals surface area contributed by atoms with Crippen LogP contribution in [0.1, 0.15) is 0 Å². The second-order valence-corrected chi connectivity index (χ2v) is 2.46. The second-order valence-electron chi connectivity index (χ2n) is 1.26. The minimum atomic E-state index is -2.43. The normalized spacial score (nSPS) is 14.9. The molecule has 44 valence electrons. The van der Waals surface area contributed by atoms with Gasteiger partial charge in [0.15, 0.2) is 8.03 Å². The molecule has 0 spiro atoms. The van der Waals surface area contributed by atoms with Crippen LogP contribution in [0.3, 0.4) is 0 Å². The monoisotopic (exact) mass is 124 g/mol. The number of rotatable bonds is 2. The molecule has 1 unspecified atom stereocenters. The molecule has 0 bridgehead atoms. The minimum Gasteiger partial charge on any atom is -0.346 e. The van der Waals surface area contributed by atoms with Crippen molar-refractivity contribution in [3.63, 3.8) is 0 Å². The van der Waals surface area contributed by atoms with Gasteiger partial charge in [0.05, 0.1) is 12.3 Å². The van der Waals surface area contributed by atoms with E-state index in [1.54, 1.807) is 0 Å². The maximum absolute atomic E-state index is 9.83. The van der Waals surface area contributed by atoms with Crippen LogP contribution < -0.4 is 11.5 Å². The third-order valence-corrected chi connectivity index (χ3v) is 1.23.